The molecule has 6 nitrogen and oxygen atoms in total. The van der Waals surface area contributed by atoms with Crippen LogP contribution in [-0.4, -0.2) is 37.1 Å². The zero-order chi connectivity index (χ0) is 19.3. The van der Waals surface area contributed by atoms with Gasteiger partial charge in [-0.15, -0.1) is 0 Å². The number of fused-ring (bicyclic) bond motifs is 2. The second-order valence-electron chi connectivity index (χ2n) is 7.04. The number of nitrogens with one attached hydrogen (secondary N) is 1. The van der Waals surface area contributed by atoms with Crippen LogP contribution in [-0.2, 0) is 13.0 Å². The van der Waals surface area contributed by atoms with Crippen LogP contribution in [0.2, 0.25) is 5.02 Å². The maximum atomic E-state index is 13.0. The summed E-state index contributed by atoms with van der Waals surface area (Å²) in [6.07, 6.45) is 2.61. The number of imidazole rings is 1. The van der Waals surface area contributed by atoms with Crippen molar-refractivity contribution < 1.29 is 4.79 Å². The number of aromatic nitrogens is 4. The molecule has 0 bridgehead atoms. The molecule has 4 aromatic rings. The number of hydrogen-bond acceptors (Lipinski definition) is 3. The second-order valence-corrected chi connectivity index (χ2v) is 7.47. The summed E-state index contributed by atoms with van der Waals surface area (Å²) in [5, 5.41) is 5.23. The Bertz CT molecular complexity index is 1190. The molecule has 28 heavy (non-hydrogen) atoms. The van der Waals surface area contributed by atoms with E-state index in [1.54, 1.807) is 0 Å². The lowest BCUT2D eigenvalue weighted by atomic mass is 10.1. The van der Waals surface area contributed by atoms with Crippen molar-refractivity contribution in [2.75, 3.05) is 6.54 Å². The van der Waals surface area contributed by atoms with Crippen LogP contribution in [0, 0.1) is 6.92 Å². The number of rotatable bonds is 2. The van der Waals surface area contributed by atoms with E-state index in [-0.39, 0.29) is 5.91 Å². The van der Waals surface area contributed by atoms with Crippen molar-refractivity contribution in [3.8, 4) is 5.69 Å². The van der Waals surface area contributed by atoms with E-state index in [0.717, 1.165) is 40.2 Å². The first-order chi connectivity index (χ1) is 13.6. The standard InChI is InChI=1S/C21H18ClN5O/c1-13-24-18-7-2-14(10-19(18)25-13)21(28)26-9-8-20-15(12-26)11-23-27(20)17-5-3-16(22)4-6-17/h2-7,10-11H,8-9,12H2,1H3,(H,24,25). The van der Waals surface area contributed by atoms with Crippen molar-refractivity contribution in [1.82, 2.24) is 24.6 Å². The minimum Gasteiger partial charge on any atom is -0.342 e. The van der Waals surface area contributed by atoms with Crippen LogP contribution in [0.25, 0.3) is 16.7 Å². The van der Waals surface area contributed by atoms with Crippen molar-refractivity contribution in [3.05, 3.63) is 76.3 Å². The van der Waals surface area contributed by atoms with Crippen molar-refractivity contribution in [2.45, 2.75) is 19.9 Å². The van der Waals surface area contributed by atoms with Gasteiger partial charge in [-0.3, -0.25) is 4.79 Å². The Morgan fingerprint density at radius 3 is 2.82 bits per heavy atom. The SMILES string of the molecule is Cc1nc2ccc(C(=O)N3CCc4c(cnn4-c4ccc(Cl)cc4)C3)cc2[nH]1. The lowest BCUT2D eigenvalue weighted by molar-refractivity contribution is 0.0734. The van der Waals surface area contributed by atoms with Gasteiger partial charge in [0.25, 0.3) is 5.91 Å². The molecule has 0 atom stereocenters. The van der Waals surface area contributed by atoms with Gasteiger partial charge in [0.2, 0.25) is 0 Å². The van der Waals surface area contributed by atoms with Gasteiger partial charge in [0.05, 0.1) is 28.6 Å². The highest BCUT2D eigenvalue weighted by Crippen LogP contribution is 2.24. The van der Waals surface area contributed by atoms with Gasteiger partial charge in [-0.05, 0) is 49.4 Å². The molecule has 0 saturated carbocycles. The van der Waals surface area contributed by atoms with E-state index in [2.05, 4.69) is 15.1 Å². The van der Waals surface area contributed by atoms with E-state index in [1.807, 2.05) is 65.2 Å². The normalized spacial score (nSPS) is 13.7. The monoisotopic (exact) mass is 391 g/mol. The van der Waals surface area contributed by atoms with Crippen LogP contribution < -0.4 is 0 Å². The van der Waals surface area contributed by atoms with Crippen LogP contribution in [0.4, 0.5) is 0 Å². The molecule has 140 valence electrons. The van der Waals surface area contributed by atoms with E-state index < -0.39 is 0 Å². The van der Waals surface area contributed by atoms with Gasteiger partial charge in [0.1, 0.15) is 5.82 Å². The molecule has 1 aliphatic rings. The fraction of sp³-hybridized carbons (Fsp3) is 0.190. The van der Waals surface area contributed by atoms with E-state index in [0.29, 0.717) is 23.7 Å². The van der Waals surface area contributed by atoms with Gasteiger partial charge in [0, 0.05) is 35.7 Å². The predicted molar refractivity (Wildman–Crippen MR) is 108 cm³/mol. The maximum absolute atomic E-state index is 13.0. The van der Waals surface area contributed by atoms with Crippen molar-refractivity contribution in [2.24, 2.45) is 0 Å². The first-order valence-electron chi connectivity index (χ1n) is 9.16. The van der Waals surface area contributed by atoms with Gasteiger partial charge in [-0.25, -0.2) is 9.67 Å². The number of hydrogen-bond donors (Lipinski definition) is 1. The van der Waals surface area contributed by atoms with Crippen LogP contribution in [0.3, 0.4) is 0 Å². The molecule has 7 heteroatoms. The summed E-state index contributed by atoms with van der Waals surface area (Å²) in [4.78, 5) is 22.5. The number of halogens is 1. The van der Waals surface area contributed by atoms with Gasteiger partial charge in [-0.2, -0.15) is 5.10 Å². The Hall–Kier alpha value is -3.12. The smallest absolute Gasteiger partial charge is 0.254 e. The molecule has 1 amide bonds. The average Bonchev–Trinajstić information content (AvgIpc) is 3.29. The summed E-state index contributed by atoms with van der Waals surface area (Å²) >= 11 is 5.99. The predicted octanol–water partition coefficient (Wildman–Crippen LogP) is 3.91. The van der Waals surface area contributed by atoms with E-state index in [4.69, 9.17) is 11.6 Å². The number of carbonyl (C=O) groups is 1. The molecule has 3 heterocycles. The Labute approximate surface area is 166 Å². The molecule has 2 aromatic carbocycles. The zero-order valence-corrected chi connectivity index (χ0v) is 16.1. The van der Waals surface area contributed by atoms with E-state index in [1.165, 1.54) is 0 Å². The van der Waals surface area contributed by atoms with E-state index in [9.17, 15) is 4.79 Å². The molecule has 0 aliphatic carbocycles. The number of aryl methyl sites for hydroxylation is 1. The number of aromatic amines is 1. The summed E-state index contributed by atoms with van der Waals surface area (Å²) in [6, 6.07) is 13.2. The Morgan fingerprint density at radius 2 is 2.00 bits per heavy atom. The minimum absolute atomic E-state index is 0.0269. The molecule has 0 spiro atoms. The zero-order valence-electron chi connectivity index (χ0n) is 15.3. The molecular weight excluding hydrogens is 374 g/mol. The average molecular weight is 392 g/mol. The number of H-pyrrole nitrogens is 1. The summed E-state index contributed by atoms with van der Waals surface area (Å²) < 4.78 is 1.94. The Kier molecular flexibility index (Phi) is 3.94. The molecule has 5 rings (SSSR count). The Morgan fingerprint density at radius 1 is 1.18 bits per heavy atom. The number of amides is 1. The fourth-order valence-corrected chi connectivity index (χ4v) is 3.89. The highest BCUT2D eigenvalue weighted by molar-refractivity contribution is 6.30. The first kappa shape index (κ1) is 17.0. The largest absolute Gasteiger partial charge is 0.342 e. The third-order valence-corrected chi connectivity index (χ3v) is 5.39. The third-order valence-electron chi connectivity index (χ3n) is 5.14. The topological polar surface area (TPSA) is 66.8 Å². The highest BCUT2D eigenvalue weighted by Gasteiger charge is 2.25. The molecule has 0 fully saturated rings. The van der Waals surface area contributed by atoms with Crippen LogP contribution >= 0.6 is 11.6 Å². The molecule has 0 saturated heterocycles. The van der Waals surface area contributed by atoms with Crippen LogP contribution in [0.1, 0.15) is 27.4 Å². The summed E-state index contributed by atoms with van der Waals surface area (Å²) in [6.45, 7) is 3.12. The lowest BCUT2D eigenvalue weighted by Crippen LogP contribution is -2.36. The molecule has 0 unspecified atom stereocenters. The summed E-state index contributed by atoms with van der Waals surface area (Å²) in [7, 11) is 0. The molecule has 0 radical (unpaired) electrons. The molecule has 1 aliphatic heterocycles. The summed E-state index contributed by atoms with van der Waals surface area (Å²) in [5.41, 5.74) is 5.63. The number of nitrogens with zero attached hydrogens (tertiary/aromatic N) is 4. The van der Waals surface area contributed by atoms with Gasteiger partial charge < -0.3 is 9.88 Å². The molecule has 2 aromatic heterocycles. The number of benzene rings is 2. The van der Waals surface area contributed by atoms with Crippen molar-refractivity contribution in [3.63, 3.8) is 0 Å². The van der Waals surface area contributed by atoms with Crippen LogP contribution in [0.5, 0.6) is 0 Å². The van der Waals surface area contributed by atoms with E-state index >= 15 is 0 Å². The second kappa shape index (κ2) is 6.49. The van der Waals surface area contributed by atoms with Gasteiger partial charge in [-0.1, -0.05) is 11.6 Å². The maximum Gasteiger partial charge on any atom is 0.254 e. The van der Waals surface area contributed by atoms with Crippen molar-refractivity contribution >= 4 is 28.5 Å². The highest BCUT2D eigenvalue weighted by atomic mass is 35.5. The fourth-order valence-electron chi connectivity index (χ4n) is 3.76. The van der Waals surface area contributed by atoms with Gasteiger partial charge >= 0.3 is 0 Å². The first-order valence-corrected chi connectivity index (χ1v) is 9.53. The third kappa shape index (κ3) is 2.86. The summed E-state index contributed by atoms with van der Waals surface area (Å²) in [5.74, 6) is 0.871. The quantitative estimate of drug-likeness (QED) is 0.563. The van der Waals surface area contributed by atoms with Crippen molar-refractivity contribution in [1.29, 1.82) is 0 Å². The lowest BCUT2D eigenvalue weighted by Gasteiger charge is -2.27. The molecular formula is C21H18ClN5O. The minimum atomic E-state index is 0.0269. The Balaban J connectivity index is 1.40. The molecule has 1 N–H and O–H groups in total. The van der Waals surface area contributed by atoms with Crippen LogP contribution in [0.15, 0.2) is 48.7 Å². The van der Waals surface area contributed by atoms with Gasteiger partial charge in [0.15, 0.2) is 0 Å². The number of carbonyl (C=O) groups excluding carboxylic acids is 1.